The van der Waals surface area contributed by atoms with Gasteiger partial charge in [0.15, 0.2) is 0 Å². The van der Waals surface area contributed by atoms with Gasteiger partial charge in [-0.2, -0.15) is 0 Å². The van der Waals surface area contributed by atoms with Gasteiger partial charge in [-0.05, 0) is 108 Å². The molecule has 4 aromatic rings. The van der Waals surface area contributed by atoms with Crippen molar-refractivity contribution in [2.24, 2.45) is 9.98 Å². The third-order valence-electron chi connectivity index (χ3n) is 5.46. The predicted octanol–water partition coefficient (Wildman–Crippen LogP) is 7.05. The van der Waals surface area contributed by atoms with Crippen LogP contribution in [0.2, 0.25) is 0 Å². The molecule has 0 aliphatic carbocycles. The fourth-order valence-corrected chi connectivity index (χ4v) is 3.37. The van der Waals surface area contributed by atoms with Crippen LogP contribution < -0.4 is 18.9 Å². The molecule has 6 nitrogen and oxygen atoms in total. The van der Waals surface area contributed by atoms with Crippen LogP contribution in [0.5, 0.6) is 23.0 Å². The van der Waals surface area contributed by atoms with Crippen LogP contribution in [0.15, 0.2) is 107 Å². The number of aliphatic imine (C=N–C) groups is 2. The van der Waals surface area contributed by atoms with Gasteiger partial charge in [-0.3, -0.25) is 9.98 Å². The predicted molar refractivity (Wildman–Crippen MR) is 149 cm³/mol. The Hall–Kier alpha value is -4.58. The van der Waals surface area contributed by atoms with E-state index in [0.29, 0.717) is 13.2 Å². The fraction of sp³-hybridized carbons (Fsp3) is 0.161. The maximum Gasteiger partial charge on any atom is 0.119 e. The van der Waals surface area contributed by atoms with Crippen LogP contribution in [-0.2, 0) is 0 Å². The monoisotopic (exact) mass is 494 g/mol. The highest BCUT2D eigenvalue weighted by atomic mass is 16.5. The van der Waals surface area contributed by atoms with Crippen molar-refractivity contribution in [3.8, 4) is 23.0 Å². The highest BCUT2D eigenvalue weighted by Gasteiger charge is 1.98. The first-order valence-electron chi connectivity index (χ1n) is 12.0. The summed E-state index contributed by atoms with van der Waals surface area (Å²) in [6.07, 6.45) is 4.42. The van der Waals surface area contributed by atoms with E-state index in [1.807, 2.05) is 109 Å². The Kier molecular flexibility index (Phi) is 9.30. The Bertz CT molecular complexity index is 1180. The van der Waals surface area contributed by atoms with Gasteiger partial charge in [0.2, 0.25) is 0 Å². The van der Waals surface area contributed by atoms with E-state index in [4.69, 9.17) is 18.9 Å². The van der Waals surface area contributed by atoms with Crippen molar-refractivity contribution in [1.82, 2.24) is 0 Å². The molecule has 0 atom stereocenters. The van der Waals surface area contributed by atoms with Gasteiger partial charge in [0, 0.05) is 18.9 Å². The molecule has 0 fully saturated rings. The van der Waals surface area contributed by atoms with Crippen LogP contribution in [0.1, 0.15) is 17.5 Å². The van der Waals surface area contributed by atoms with Crippen LogP contribution in [-0.4, -0.2) is 39.9 Å². The molecule has 0 unspecified atom stereocenters. The van der Waals surface area contributed by atoms with Crippen molar-refractivity contribution in [3.63, 3.8) is 0 Å². The number of hydrogen-bond acceptors (Lipinski definition) is 6. The molecule has 0 N–H and O–H groups in total. The Morgan fingerprint density at radius 3 is 1.19 bits per heavy atom. The van der Waals surface area contributed by atoms with E-state index >= 15 is 0 Å². The first-order valence-corrected chi connectivity index (χ1v) is 12.0. The molecule has 0 saturated heterocycles. The summed E-state index contributed by atoms with van der Waals surface area (Å²) in [5, 5.41) is 0. The molecule has 0 aliphatic rings. The van der Waals surface area contributed by atoms with Gasteiger partial charge in [-0.15, -0.1) is 0 Å². The zero-order valence-electron chi connectivity index (χ0n) is 21.0. The van der Waals surface area contributed by atoms with Crippen molar-refractivity contribution in [1.29, 1.82) is 0 Å². The molecule has 0 spiro atoms. The molecule has 4 aromatic carbocycles. The van der Waals surface area contributed by atoms with Gasteiger partial charge in [-0.1, -0.05) is 0 Å². The van der Waals surface area contributed by atoms with Gasteiger partial charge in [0.05, 0.1) is 38.8 Å². The van der Waals surface area contributed by atoms with Gasteiger partial charge in [-0.25, -0.2) is 0 Å². The third-order valence-corrected chi connectivity index (χ3v) is 5.46. The average Bonchev–Trinajstić information content (AvgIpc) is 2.96. The maximum absolute atomic E-state index is 5.82. The van der Waals surface area contributed by atoms with Gasteiger partial charge >= 0.3 is 0 Å². The molecular weight excluding hydrogens is 464 g/mol. The summed E-state index contributed by atoms with van der Waals surface area (Å²) in [7, 11) is 3.31. The van der Waals surface area contributed by atoms with Crippen molar-refractivity contribution in [3.05, 3.63) is 108 Å². The minimum atomic E-state index is 0.568. The zero-order valence-corrected chi connectivity index (χ0v) is 21.0. The lowest BCUT2D eigenvalue weighted by Crippen LogP contribution is -2.04. The van der Waals surface area contributed by atoms with Crippen molar-refractivity contribution >= 4 is 23.8 Å². The molecule has 0 amide bonds. The molecule has 37 heavy (non-hydrogen) atoms. The van der Waals surface area contributed by atoms with E-state index in [-0.39, 0.29) is 0 Å². The summed E-state index contributed by atoms with van der Waals surface area (Å²) < 4.78 is 22.0. The van der Waals surface area contributed by atoms with E-state index in [0.717, 1.165) is 51.9 Å². The Balaban J connectivity index is 1.15. The van der Waals surface area contributed by atoms with Crippen molar-refractivity contribution in [2.45, 2.75) is 6.42 Å². The molecule has 6 heteroatoms. The quantitative estimate of drug-likeness (QED) is 0.156. The van der Waals surface area contributed by atoms with Crippen molar-refractivity contribution < 1.29 is 18.9 Å². The van der Waals surface area contributed by atoms with Crippen LogP contribution in [0.25, 0.3) is 0 Å². The highest BCUT2D eigenvalue weighted by molar-refractivity contribution is 5.82. The van der Waals surface area contributed by atoms with Gasteiger partial charge < -0.3 is 18.9 Å². The topological polar surface area (TPSA) is 61.6 Å². The standard InChI is InChI=1S/C31H30N2O4/c1-34-28-12-4-24(5-13-28)22-32-26-8-16-30(17-9-26)36-20-3-21-37-31-18-10-27(11-19-31)33-23-25-6-14-29(35-2)15-7-25/h4-19,22-23H,3,20-21H2,1-2H3. The highest BCUT2D eigenvalue weighted by Crippen LogP contribution is 2.20. The number of benzene rings is 4. The second-order valence-corrected chi connectivity index (χ2v) is 8.10. The molecular formula is C31H30N2O4. The lowest BCUT2D eigenvalue weighted by Gasteiger charge is -2.08. The lowest BCUT2D eigenvalue weighted by atomic mass is 10.2. The maximum atomic E-state index is 5.82. The van der Waals surface area contributed by atoms with Crippen LogP contribution in [0.3, 0.4) is 0 Å². The second kappa shape index (κ2) is 13.5. The fourth-order valence-electron chi connectivity index (χ4n) is 3.37. The molecule has 188 valence electrons. The van der Waals surface area contributed by atoms with E-state index in [1.54, 1.807) is 14.2 Å². The van der Waals surface area contributed by atoms with Crippen LogP contribution in [0.4, 0.5) is 11.4 Å². The first-order chi connectivity index (χ1) is 18.2. The summed E-state index contributed by atoms with van der Waals surface area (Å²) in [6.45, 7) is 1.14. The van der Waals surface area contributed by atoms with E-state index in [1.165, 1.54) is 0 Å². The summed E-state index contributed by atoms with van der Waals surface area (Å²) in [6, 6.07) is 31.0. The summed E-state index contributed by atoms with van der Waals surface area (Å²) in [4.78, 5) is 9.00. The molecule has 0 aliphatic heterocycles. The Morgan fingerprint density at radius 2 is 0.838 bits per heavy atom. The normalized spacial score (nSPS) is 11.1. The number of hydrogen-bond donors (Lipinski definition) is 0. The largest absolute Gasteiger partial charge is 0.497 e. The molecule has 0 aromatic heterocycles. The van der Waals surface area contributed by atoms with Gasteiger partial charge in [0.1, 0.15) is 23.0 Å². The minimum Gasteiger partial charge on any atom is -0.497 e. The molecule has 4 rings (SSSR count). The third kappa shape index (κ3) is 8.25. The molecule has 0 bridgehead atoms. The smallest absolute Gasteiger partial charge is 0.119 e. The summed E-state index contributed by atoms with van der Waals surface area (Å²) in [5.74, 6) is 3.27. The number of rotatable bonds is 12. The molecule has 0 saturated carbocycles. The van der Waals surface area contributed by atoms with E-state index < -0.39 is 0 Å². The Labute approximate surface area is 217 Å². The van der Waals surface area contributed by atoms with Crippen LogP contribution >= 0.6 is 0 Å². The SMILES string of the molecule is COc1ccc(C=Nc2ccc(OCCCOc3ccc(N=Cc4ccc(OC)cc4)cc3)cc2)cc1. The first kappa shape index (κ1) is 25.5. The zero-order chi connectivity index (χ0) is 25.7. The minimum absolute atomic E-state index is 0.568. The average molecular weight is 495 g/mol. The van der Waals surface area contributed by atoms with Crippen LogP contribution in [0, 0.1) is 0 Å². The summed E-state index contributed by atoms with van der Waals surface area (Å²) >= 11 is 0. The lowest BCUT2D eigenvalue weighted by molar-refractivity contribution is 0.247. The second-order valence-electron chi connectivity index (χ2n) is 8.10. The number of nitrogens with zero attached hydrogens (tertiary/aromatic N) is 2. The molecule has 0 heterocycles. The van der Waals surface area contributed by atoms with Gasteiger partial charge in [0.25, 0.3) is 0 Å². The van der Waals surface area contributed by atoms with Crippen molar-refractivity contribution in [2.75, 3.05) is 27.4 Å². The summed E-state index contributed by atoms with van der Waals surface area (Å²) in [5.41, 5.74) is 3.75. The number of methoxy groups -OCH3 is 2. The van der Waals surface area contributed by atoms with E-state index in [2.05, 4.69) is 9.98 Å². The number of ether oxygens (including phenoxy) is 4. The Morgan fingerprint density at radius 1 is 0.486 bits per heavy atom. The van der Waals surface area contributed by atoms with E-state index in [9.17, 15) is 0 Å². The molecule has 0 radical (unpaired) electrons.